The van der Waals surface area contributed by atoms with Crippen LogP contribution in [0.4, 0.5) is 0 Å². The molecule has 12 heavy (non-hydrogen) atoms. The summed E-state index contributed by atoms with van der Waals surface area (Å²) in [6.45, 7) is 4.53. The number of hydroxylamine groups is 1. The van der Waals surface area contributed by atoms with Gasteiger partial charge in [0.25, 0.3) is 0 Å². The SMILES string of the molecule is CCON/C=C/C(=O)OCC.Cl. The third-order valence-electron chi connectivity index (χ3n) is 0.802. The first-order valence-electron chi connectivity index (χ1n) is 3.51. The Bertz CT molecular complexity index is 139. The number of esters is 1. The van der Waals surface area contributed by atoms with Crippen LogP contribution >= 0.6 is 12.4 Å². The highest BCUT2D eigenvalue weighted by Crippen LogP contribution is 1.78. The van der Waals surface area contributed by atoms with Crippen LogP contribution in [-0.4, -0.2) is 19.2 Å². The molecule has 0 unspecified atom stereocenters. The molecule has 0 aliphatic heterocycles. The van der Waals surface area contributed by atoms with E-state index in [1.165, 1.54) is 12.3 Å². The van der Waals surface area contributed by atoms with Crippen LogP contribution in [0.5, 0.6) is 0 Å². The predicted octanol–water partition coefficient (Wildman–Crippen LogP) is 1.03. The summed E-state index contributed by atoms with van der Waals surface area (Å²) in [5, 5.41) is 0. The number of carbonyl (C=O) groups is 1. The van der Waals surface area contributed by atoms with Gasteiger partial charge in [-0.25, -0.2) is 4.79 Å². The second kappa shape index (κ2) is 10.3. The monoisotopic (exact) mass is 195 g/mol. The zero-order valence-electron chi connectivity index (χ0n) is 7.20. The summed E-state index contributed by atoms with van der Waals surface area (Å²) in [5.74, 6) is -0.375. The Hall–Kier alpha value is -0.740. The van der Waals surface area contributed by atoms with Gasteiger partial charge in [0, 0.05) is 12.3 Å². The molecule has 0 heterocycles. The van der Waals surface area contributed by atoms with Crippen LogP contribution < -0.4 is 5.48 Å². The van der Waals surface area contributed by atoms with E-state index in [1.54, 1.807) is 6.92 Å². The minimum atomic E-state index is -0.375. The first-order valence-corrected chi connectivity index (χ1v) is 3.51. The Kier molecular flexibility index (Phi) is 11.8. The van der Waals surface area contributed by atoms with Crippen molar-refractivity contribution in [1.29, 1.82) is 0 Å². The second-order valence-corrected chi connectivity index (χ2v) is 1.64. The summed E-state index contributed by atoms with van der Waals surface area (Å²) in [6.07, 6.45) is 2.65. The number of nitrogens with one attached hydrogen (secondary N) is 1. The van der Waals surface area contributed by atoms with Crippen LogP contribution in [0.15, 0.2) is 12.3 Å². The fraction of sp³-hybridized carbons (Fsp3) is 0.571. The Morgan fingerprint density at radius 2 is 2.08 bits per heavy atom. The largest absolute Gasteiger partial charge is 0.463 e. The fourth-order valence-corrected chi connectivity index (χ4v) is 0.424. The molecule has 0 bridgehead atoms. The van der Waals surface area contributed by atoms with E-state index in [4.69, 9.17) is 4.84 Å². The van der Waals surface area contributed by atoms with E-state index in [1.807, 2.05) is 6.92 Å². The highest BCUT2D eigenvalue weighted by atomic mass is 35.5. The first kappa shape index (κ1) is 13.8. The molecule has 0 amide bonds. The Balaban J connectivity index is 0. The number of hydrogen-bond acceptors (Lipinski definition) is 4. The molecule has 0 aromatic heterocycles. The van der Waals surface area contributed by atoms with Crippen molar-refractivity contribution in [2.45, 2.75) is 13.8 Å². The molecule has 0 aliphatic rings. The normalized spacial score (nSPS) is 9.17. The maximum absolute atomic E-state index is 10.6. The van der Waals surface area contributed by atoms with Gasteiger partial charge in [0.05, 0.1) is 13.2 Å². The molecule has 0 spiro atoms. The molecule has 0 aromatic rings. The summed E-state index contributed by atoms with van der Waals surface area (Å²) in [7, 11) is 0. The molecule has 0 radical (unpaired) electrons. The average Bonchev–Trinajstić information content (AvgIpc) is 1.99. The molecule has 1 N–H and O–H groups in total. The van der Waals surface area contributed by atoms with E-state index in [0.717, 1.165) is 0 Å². The minimum absolute atomic E-state index is 0. The number of hydrogen-bond donors (Lipinski definition) is 1. The lowest BCUT2D eigenvalue weighted by Gasteiger charge is -1.97. The molecular formula is C7H14ClNO3. The van der Waals surface area contributed by atoms with Crippen LogP contribution in [0.1, 0.15) is 13.8 Å². The van der Waals surface area contributed by atoms with Crippen molar-refractivity contribution in [3.05, 3.63) is 12.3 Å². The summed E-state index contributed by atoms with van der Waals surface area (Å²) in [6, 6.07) is 0. The molecule has 0 aliphatic carbocycles. The highest BCUT2D eigenvalue weighted by molar-refractivity contribution is 5.85. The van der Waals surface area contributed by atoms with Gasteiger partial charge in [-0.2, -0.15) is 0 Å². The minimum Gasteiger partial charge on any atom is -0.463 e. The van der Waals surface area contributed by atoms with E-state index in [0.29, 0.717) is 13.2 Å². The van der Waals surface area contributed by atoms with Crippen LogP contribution in [0.3, 0.4) is 0 Å². The van der Waals surface area contributed by atoms with Crippen molar-refractivity contribution in [1.82, 2.24) is 5.48 Å². The molecule has 4 nitrogen and oxygen atoms in total. The average molecular weight is 196 g/mol. The zero-order valence-corrected chi connectivity index (χ0v) is 8.02. The number of halogens is 1. The summed E-state index contributed by atoms with van der Waals surface area (Å²) >= 11 is 0. The topological polar surface area (TPSA) is 47.6 Å². The molecule has 0 saturated carbocycles. The molecular weight excluding hydrogens is 182 g/mol. The third-order valence-corrected chi connectivity index (χ3v) is 0.802. The van der Waals surface area contributed by atoms with Crippen molar-refractivity contribution in [3.8, 4) is 0 Å². The lowest BCUT2D eigenvalue weighted by atomic mass is 10.6. The van der Waals surface area contributed by atoms with E-state index < -0.39 is 0 Å². The second-order valence-electron chi connectivity index (χ2n) is 1.64. The maximum Gasteiger partial charge on any atom is 0.332 e. The Labute approximate surface area is 78.3 Å². The number of rotatable bonds is 5. The van der Waals surface area contributed by atoms with Crippen molar-refractivity contribution in [2.24, 2.45) is 0 Å². The molecule has 0 atom stereocenters. The van der Waals surface area contributed by atoms with E-state index in [2.05, 4.69) is 10.2 Å². The third kappa shape index (κ3) is 9.26. The molecule has 0 aromatic carbocycles. The standard InChI is InChI=1S/C7H13NO3.ClH/c1-3-10-7(9)5-6-8-11-4-2;/h5-6,8H,3-4H2,1-2H3;1H/b6-5+;. The number of ether oxygens (including phenoxy) is 1. The van der Waals surface area contributed by atoms with Crippen molar-refractivity contribution in [2.75, 3.05) is 13.2 Å². The summed E-state index contributed by atoms with van der Waals surface area (Å²) < 4.78 is 4.60. The zero-order chi connectivity index (χ0) is 8.53. The van der Waals surface area contributed by atoms with Crippen molar-refractivity contribution >= 4 is 18.4 Å². The van der Waals surface area contributed by atoms with Crippen LogP contribution in [0, 0.1) is 0 Å². The molecule has 0 rings (SSSR count). The highest BCUT2D eigenvalue weighted by Gasteiger charge is 1.90. The van der Waals surface area contributed by atoms with Crippen molar-refractivity contribution < 1.29 is 14.4 Å². The van der Waals surface area contributed by atoms with Gasteiger partial charge in [-0.05, 0) is 13.8 Å². The van der Waals surface area contributed by atoms with Gasteiger partial charge >= 0.3 is 5.97 Å². The van der Waals surface area contributed by atoms with Gasteiger partial charge < -0.3 is 4.74 Å². The van der Waals surface area contributed by atoms with E-state index in [9.17, 15) is 4.79 Å². The van der Waals surface area contributed by atoms with Crippen LogP contribution in [0.2, 0.25) is 0 Å². The van der Waals surface area contributed by atoms with Gasteiger partial charge in [-0.15, -0.1) is 12.4 Å². The van der Waals surface area contributed by atoms with Gasteiger partial charge in [-0.1, -0.05) is 0 Å². The van der Waals surface area contributed by atoms with Gasteiger partial charge in [0.1, 0.15) is 0 Å². The number of carbonyl (C=O) groups excluding carboxylic acids is 1. The van der Waals surface area contributed by atoms with E-state index in [-0.39, 0.29) is 18.4 Å². The first-order chi connectivity index (χ1) is 5.31. The van der Waals surface area contributed by atoms with Crippen LogP contribution in [-0.2, 0) is 14.4 Å². The van der Waals surface area contributed by atoms with E-state index >= 15 is 0 Å². The smallest absolute Gasteiger partial charge is 0.332 e. The van der Waals surface area contributed by atoms with Crippen molar-refractivity contribution in [3.63, 3.8) is 0 Å². The quantitative estimate of drug-likeness (QED) is 0.308. The summed E-state index contributed by atoms with van der Waals surface area (Å²) in [4.78, 5) is 15.3. The maximum atomic E-state index is 10.6. The van der Waals surface area contributed by atoms with Crippen LogP contribution in [0.25, 0.3) is 0 Å². The summed E-state index contributed by atoms with van der Waals surface area (Å²) in [5.41, 5.74) is 2.44. The lowest BCUT2D eigenvalue weighted by molar-refractivity contribution is -0.137. The lowest BCUT2D eigenvalue weighted by Crippen LogP contribution is -2.07. The van der Waals surface area contributed by atoms with Gasteiger partial charge in [0.2, 0.25) is 0 Å². The fourth-order valence-electron chi connectivity index (χ4n) is 0.424. The molecule has 72 valence electrons. The Morgan fingerprint density at radius 1 is 1.42 bits per heavy atom. The molecule has 0 fully saturated rings. The molecule has 5 heteroatoms. The Morgan fingerprint density at radius 3 is 2.58 bits per heavy atom. The van der Waals surface area contributed by atoms with Gasteiger partial charge in [-0.3, -0.25) is 10.3 Å². The van der Waals surface area contributed by atoms with Gasteiger partial charge in [0.15, 0.2) is 0 Å². The molecule has 0 saturated heterocycles. The predicted molar refractivity (Wildman–Crippen MR) is 47.8 cm³/mol.